The summed E-state index contributed by atoms with van der Waals surface area (Å²) in [5.74, 6) is -2.57. The van der Waals surface area contributed by atoms with E-state index in [0.717, 1.165) is 0 Å². The Balaban J connectivity index is 2.11. The second-order valence-corrected chi connectivity index (χ2v) is 5.10. The van der Waals surface area contributed by atoms with Crippen LogP contribution in [0.15, 0.2) is 36.4 Å². The molecule has 0 atom stereocenters. The van der Waals surface area contributed by atoms with Gasteiger partial charge in [-0.15, -0.1) is 0 Å². The summed E-state index contributed by atoms with van der Waals surface area (Å²) in [6.07, 6.45) is 0. The van der Waals surface area contributed by atoms with E-state index in [9.17, 15) is 19.8 Å². The van der Waals surface area contributed by atoms with Gasteiger partial charge in [-0.3, -0.25) is 9.59 Å². The predicted molar refractivity (Wildman–Crippen MR) is 83.5 cm³/mol. The molecular formula is C14H10Cl2N2O4. The van der Waals surface area contributed by atoms with Crippen LogP contribution in [-0.4, -0.2) is 22.0 Å². The second kappa shape index (κ2) is 6.55. The van der Waals surface area contributed by atoms with Gasteiger partial charge in [-0.2, -0.15) is 0 Å². The molecule has 8 heteroatoms. The number of rotatable bonds is 2. The number of anilines is 2. The molecule has 0 aliphatic carbocycles. The van der Waals surface area contributed by atoms with E-state index in [2.05, 4.69) is 10.6 Å². The lowest BCUT2D eigenvalue weighted by Crippen LogP contribution is -2.29. The summed E-state index contributed by atoms with van der Waals surface area (Å²) < 4.78 is 0. The average molecular weight is 341 g/mol. The molecular weight excluding hydrogens is 331 g/mol. The van der Waals surface area contributed by atoms with Crippen molar-refractivity contribution in [3.05, 3.63) is 46.4 Å². The van der Waals surface area contributed by atoms with Crippen molar-refractivity contribution in [1.82, 2.24) is 0 Å². The summed E-state index contributed by atoms with van der Waals surface area (Å²) in [5, 5.41) is 24.1. The molecule has 22 heavy (non-hydrogen) atoms. The maximum atomic E-state index is 11.8. The van der Waals surface area contributed by atoms with Gasteiger partial charge in [-0.05, 0) is 36.4 Å². The number of phenolic OH excluding ortho intramolecular Hbond substituents is 2. The molecule has 0 spiro atoms. The van der Waals surface area contributed by atoms with Crippen LogP contribution >= 0.6 is 23.2 Å². The van der Waals surface area contributed by atoms with Crippen molar-refractivity contribution >= 4 is 46.4 Å². The molecule has 4 N–H and O–H groups in total. The van der Waals surface area contributed by atoms with Crippen molar-refractivity contribution in [2.75, 3.05) is 10.6 Å². The number of hydrogen-bond acceptors (Lipinski definition) is 4. The topological polar surface area (TPSA) is 98.7 Å². The molecule has 0 heterocycles. The molecule has 2 amide bonds. The molecule has 0 unspecified atom stereocenters. The third-order valence-corrected chi connectivity index (χ3v) is 3.09. The first kappa shape index (κ1) is 15.9. The van der Waals surface area contributed by atoms with Gasteiger partial charge < -0.3 is 20.8 Å². The molecule has 0 saturated carbocycles. The van der Waals surface area contributed by atoms with Gasteiger partial charge in [0.05, 0.1) is 11.4 Å². The van der Waals surface area contributed by atoms with Crippen LogP contribution in [0.4, 0.5) is 11.4 Å². The highest BCUT2D eigenvalue weighted by Crippen LogP contribution is 2.28. The summed E-state index contributed by atoms with van der Waals surface area (Å²) in [6, 6.07) is 7.99. The number of carbonyl (C=O) groups is 2. The van der Waals surface area contributed by atoms with Crippen LogP contribution in [0, 0.1) is 0 Å². The van der Waals surface area contributed by atoms with Crippen LogP contribution in [0.5, 0.6) is 11.5 Å². The Bertz CT molecular complexity index is 686. The second-order valence-electron chi connectivity index (χ2n) is 4.23. The van der Waals surface area contributed by atoms with Crippen molar-refractivity contribution in [2.24, 2.45) is 0 Å². The minimum absolute atomic E-state index is 0.0111. The highest BCUT2D eigenvalue weighted by atomic mass is 35.5. The van der Waals surface area contributed by atoms with E-state index in [-0.39, 0.29) is 32.9 Å². The summed E-state index contributed by atoms with van der Waals surface area (Å²) >= 11 is 11.5. The molecule has 0 aliphatic heterocycles. The van der Waals surface area contributed by atoms with Crippen LogP contribution in [-0.2, 0) is 9.59 Å². The van der Waals surface area contributed by atoms with E-state index in [0.29, 0.717) is 0 Å². The Labute approximate surface area is 135 Å². The zero-order valence-electron chi connectivity index (χ0n) is 10.9. The Morgan fingerprint density at radius 3 is 1.50 bits per heavy atom. The molecule has 0 radical (unpaired) electrons. The third-order valence-electron chi connectivity index (χ3n) is 2.62. The van der Waals surface area contributed by atoms with Gasteiger partial charge in [0.2, 0.25) is 0 Å². The Morgan fingerprint density at radius 1 is 0.773 bits per heavy atom. The zero-order chi connectivity index (χ0) is 16.3. The van der Waals surface area contributed by atoms with Crippen LogP contribution < -0.4 is 10.6 Å². The van der Waals surface area contributed by atoms with E-state index in [1.54, 1.807) is 0 Å². The minimum atomic E-state index is -1.04. The first-order valence-corrected chi connectivity index (χ1v) is 6.72. The maximum Gasteiger partial charge on any atom is 0.314 e. The number of amides is 2. The lowest BCUT2D eigenvalue weighted by atomic mass is 10.2. The fourth-order valence-corrected chi connectivity index (χ4v) is 1.92. The first-order valence-electron chi connectivity index (χ1n) is 5.96. The fraction of sp³-hybridized carbons (Fsp3) is 0. The summed E-state index contributed by atoms with van der Waals surface area (Å²) in [7, 11) is 0. The molecule has 114 valence electrons. The zero-order valence-corrected chi connectivity index (χ0v) is 12.4. The Hall–Kier alpha value is -2.44. The SMILES string of the molecule is O=C(Nc1cc(Cl)ccc1O)C(=O)Nc1cc(Cl)ccc1O. The van der Waals surface area contributed by atoms with E-state index in [4.69, 9.17) is 23.2 Å². The largest absolute Gasteiger partial charge is 0.506 e. The normalized spacial score (nSPS) is 10.1. The van der Waals surface area contributed by atoms with Crippen LogP contribution in [0.25, 0.3) is 0 Å². The van der Waals surface area contributed by atoms with Gasteiger partial charge in [0.25, 0.3) is 0 Å². The van der Waals surface area contributed by atoms with Gasteiger partial charge in [0.15, 0.2) is 0 Å². The lowest BCUT2D eigenvalue weighted by Gasteiger charge is -2.09. The number of carbonyl (C=O) groups excluding carboxylic acids is 2. The van der Waals surface area contributed by atoms with E-state index < -0.39 is 11.8 Å². The number of hydrogen-bond donors (Lipinski definition) is 4. The standard InChI is InChI=1S/C14H10Cl2N2O4/c15-7-1-3-11(19)9(5-7)17-13(21)14(22)18-10-6-8(16)2-4-12(10)20/h1-6,19-20H,(H,17,21)(H,18,22). The first-order chi connectivity index (χ1) is 10.4. The number of halogens is 2. The summed E-state index contributed by atoms with van der Waals surface area (Å²) in [6.45, 7) is 0. The fourth-order valence-electron chi connectivity index (χ4n) is 1.57. The molecule has 2 aromatic rings. The Kier molecular flexibility index (Phi) is 4.75. The molecule has 0 aliphatic rings. The van der Waals surface area contributed by atoms with Gasteiger partial charge in [0, 0.05) is 10.0 Å². The van der Waals surface area contributed by atoms with Crippen molar-refractivity contribution in [1.29, 1.82) is 0 Å². The molecule has 0 saturated heterocycles. The van der Waals surface area contributed by atoms with Gasteiger partial charge in [0.1, 0.15) is 11.5 Å². The Morgan fingerprint density at radius 2 is 1.14 bits per heavy atom. The monoisotopic (exact) mass is 340 g/mol. The van der Waals surface area contributed by atoms with Crippen molar-refractivity contribution in [3.63, 3.8) is 0 Å². The molecule has 0 fully saturated rings. The van der Waals surface area contributed by atoms with Gasteiger partial charge in [-0.1, -0.05) is 23.2 Å². The van der Waals surface area contributed by atoms with Gasteiger partial charge >= 0.3 is 11.8 Å². The molecule has 2 rings (SSSR count). The molecule has 2 aromatic carbocycles. The predicted octanol–water partition coefficient (Wildman–Crippen LogP) is 2.98. The number of phenols is 2. The molecule has 0 aromatic heterocycles. The van der Waals surface area contributed by atoms with Crippen LogP contribution in [0.2, 0.25) is 10.0 Å². The highest BCUT2D eigenvalue weighted by molar-refractivity contribution is 6.44. The summed E-state index contributed by atoms with van der Waals surface area (Å²) in [5.41, 5.74) is -0.0223. The third kappa shape index (κ3) is 3.81. The summed E-state index contributed by atoms with van der Waals surface area (Å²) in [4.78, 5) is 23.6. The van der Waals surface area contributed by atoms with Crippen molar-refractivity contribution in [2.45, 2.75) is 0 Å². The lowest BCUT2D eigenvalue weighted by molar-refractivity contribution is -0.133. The van der Waals surface area contributed by atoms with Gasteiger partial charge in [-0.25, -0.2) is 0 Å². The van der Waals surface area contributed by atoms with Crippen LogP contribution in [0.1, 0.15) is 0 Å². The van der Waals surface area contributed by atoms with E-state index >= 15 is 0 Å². The van der Waals surface area contributed by atoms with Crippen molar-refractivity contribution < 1.29 is 19.8 Å². The number of nitrogens with one attached hydrogen (secondary N) is 2. The van der Waals surface area contributed by atoms with Crippen LogP contribution in [0.3, 0.4) is 0 Å². The minimum Gasteiger partial charge on any atom is -0.506 e. The molecule has 0 bridgehead atoms. The molecule has 6 nitrogen and oxygen atoms in total. The quantitative estimate of drug-likeness (QED) is 0.498. The van der Waals surface area contributed by atoms with E-state index in [1.807, 2.05) is 0 Å². The number of benzene rings is 2. The van der Waals surface area contributed by atoms with E-state index in [1.165, 1.54) is 36.4 Å². The smallest absolute Gasteiger partial charge is 0.314 e. The number of aromatic hydroxyl groups is 2. The maximum absolute atomic E-state index is 11.8. The average Bonchev–Trinajstić information content (AvgIpc) is 2.46. The highest BCUT2D eigenvalue weighted by Gasteiger charge is 2.17. The van der Waals surface area contributed by atoms with Crippen molar-refractivity contribution in [3.8, 4) is 11.5 Å².